The number of hydrogen-bond donors (Lipinski definition) is 1. The van der Waals surface area contributed by atoms with Crippen molar-refractivity contribution < 1.29 is 0 Å². The molecule has 94 valence electrons. The predicted octanol–water partition coefficient (Wildman–Crippen LogP) is 2.99. The maximum Gasteiger partial charge on any atom is 0.0727 e. The summed E-state index contributed by atoms with van der Waals surface area (Å²) in [6, 6.07) is 13.9. The lowest BCUT2D eigenvalue weighted by Gasteiger charge is -2.12. The Hall–Kier alpha value is -2.26. The minimum Gasteiger partial charge on any atom is -0.319 e. The maximum absolute atomic E-state index is 6.29. The average Bonchev–Trinajstić information content (AvgIpc) is 2.46. The molecule has 3 nitrogen and oxygen atoms in total. The number of benzene rings is 1. The highest BCUT2D eigenvalue weighted by atomic mass is 14.8. The molecule has 0 saturated carbocycles. The van der Waals surface area contributed by atoms with Crippen molar-refractivity contribution in [2.24, 2.45) is 5.73 Å². The third-order valence-corrected chi connectivity index (χ3v) is 3.24. The van der Waals surface area contributed by atoms with Gasteiger partial charge in [-0.05, 0) is 42.3 Å². The Bertz CT molecular complexity index is 722. The highest BCUT2D eigenvalue weighted by molar-refractivity contribution is 5.79. The van der Waals surface area contributed by atoms with E-state index in [-0.39, 0.29) is 6.04 Å². The van der Waals surface area contributed by atoms with E-state index < -0.39 is 0 Å². The van der Waals surface area contributed by atoms with E-state index in [1.54, 1.807) is 12.4 Å². The second-order valence-corrected chi connectivity index (χ2v) is 4.69. The van der Waals surface area contributed by atoms with Crippen molar-refractivity contribution in [1.29, 1.82) is 0 Å². The van der Waals surface area contributed by atoms with Crippen LogP contribution in [0.2, 0.25) is 0 Å². The fraction of sp³-hybridized carbons (Fsp3) is 0.125. The third kappa shape index (κ3) is 2.33. The Morgan fingerprint density at radius 1 is 1.00 bits per heavy atom. The molecular weight excluding hydrogens is 234 g/mol. The van der Waals surface area contributed by atoms with E-state index in [1.165, 1.54) is 5.56 Å². The van der Waals surface area contributed by atoms with Crippen molar-refractivity contribution in [3.8, 4) is 0 Å². The number of nitrogens with zero attached hydrogens (tertiary/aromatic N) is 2. The molecule has 1 atom stereocenters. The van der Waals surface area contributed by atoms with Gasteiger partial charge in [-0.3, -0.25) is 9.97 Å². The van der Waals surface area contributed by atoms with Crippen LogP contribution in [0.4, 0.5) is 0 Å². The van der Waals surface area contributed by atoms with E-state index in [0.717, 1.165) is 22.2 Å². The van der Waals surface area contributed by atoms with Crippen LogP contribution < -0.4 is 5.73 Å². The zero-order chi connectivity index (χ0) is 13.2. The Morgan fingerprint density at radius 2 is 1.89 bits per heavy atom. The van der Waals surface area contributed by atoms with E-state index in [1.807, 2.05) is 49.4 Å². The highest BCUT2D eigenvalue weighted by Crippen LogP contribution is 2.22. The third-order valence-electron chi connectivity index (χ3n) is 3.24. The molecule has 1 unspecified atom stereocenters. The lowest BCUT2D eigenvalue weighted by molar-refractivity contribution is 0.827. The van der Waals surface area contributed by atoms with Crippen LogP contribution in [0.3, 0.4) is 0 Å². The molecule has 0 aliphatic carbocycles. The lowest BCUT2D eigenvalue weighted by Crippen LogP contribution is -2.13. The van der Waals surface area contributed by atoms with Crippen molar-refractivity contribution in [3.63, 3.8) is 0 Å². The van der Waals surface area contributed by atoms with E-state index >= 15 is 0 Å². The molecule has 3 rings (SSSR count). The van der Waals surface area contributed by atoms with Crippen LogP contribution in [0.1, 0.15) is 22.9 Å². The minimum atomic E-state index is -0.216. The van der Waals surface area contributed by atoms with Gasteiger partial charge in [0.15, 0.2) is 0 Å². The highest BCUT2D eigenvalue weighted by Gasteiger charge is 2.11. The molecule has 0 spiro atoms. The van der Waals surface area contributed by atoms with Crippen molar-refractivity contribution >= 4 is 10.9 Å². The Balaban J connectivity index is 2.04. The smallest absolute Gasteiger partial charge is 0.0727 e. The molecule has 19 heavy (non-hydrogen) atoms. The predicted molar refractivity (Wildman–Crippen MR) is 76.7 cm³/mol. The van der Waals surface area contributed by atoms with Gasteiger partial charge in [0.05, 0.1) is 17.3 Å². The topological polar surface area (TPSA) is 51.8 Å². The molecule has 0 bridgehead atoms. The lowest BCUT2D eigenvalue weighted by atomic mass is 10.0. The Kier molecular flexibility index (Phi) is 2.97. The fourth-order valence-corrected chi connectivity index (χ4v) is 2.18. The first-order valence-electron chi connectivity index (χ1n) is 6.27. The normalized spacial score (nSPS) is 12.5. The quantitative estimate of drug-likeness (QED) is 0.759. The van der Waals surface area contributed by atoms with Crippen molar-refractivity contribution in [2.75, 3.05) is 0 Å². The van der Waals surface area contributed by atoms with Gasteiger partial charge in [0.25, 0.3) is 0 Å². The molecule has 0 aliphatic heterocycles. The van der Waals surface area contributed by atoms with Crippen molar-refractivity contribution in [3.05, 3.63) is 71.7 Å². The van der Waals surface area contributed by atoms with E-state index in [9.17, 15) is 0 Å². The molecule has 2 aromatic heterocycles. The van der Waals surface area contributed by atoms with Crippen LogP contribution in [-0.2, 0) is 0 Å². The standard InChI is InChI=1S/C16H15N3/c1-11-6-8-19-15(9-11)16(17)13-5-4-12-3-2-7-18-14(12)10-13/h2-10,16H,17H2,1H3. The van der Waals surface area contributed by atoms with Gasteiger partial charge in [-0.2, -0.15) is 0 Å². The van der Waals surface area contributed by atoms with Crippen molar-refractivity contribution in [1.82, 2.24) is 9.97 Å². The number of nitrogens with two attached hydrogens (primary N) is 1. The molecule has 0 aliphatic rings. The Labute approximate surface area is 112 Å². The van der Waals surface area contributed by atoms with Gasteiger partial charge in [0.1, 0.15) is 0 Å². The molecule has 1 aromatic carbocycles. The van der Waals surface area contributed by atoms with E-state index in [2.05, 4.69) is 9.97 Å². The molecule has 0 saturated heterocycles. The second-order valence-electron chi connectivity index (χ2n) is 4.69. The minimum absolute atomic E-state index is 0.216. The molecule has 0 fully saturated rings. The van der Waals surface area contributed by atoms with Gasteiger partial charge < -0.3 is 5.73 Å². The van der Waals surface area contributed by atoms with Gasteiger partial charge in [0, 0.05) is 17.8 Å². The van der Waals surface area contributed by atoms with Gasteiger partial charge in [-0.1, -0.05) is 18.2 Å². The van der Waals surface area contributed by atoms with E-state index in [4.69, 9.17) is 5.73 Å². The van der Waals surface area contributed by atoms with Crippen LogP contribution >= 0.6 is 0 Å². The summed E-state index contributed by atoms with van der Waals surface area (Å²) in [5.74, 6) is 0. The van der Waals surface area contributed by atoms with Crippen LogP contribution in [-0.4, -0.2) is 9.97 Å². The summed E-state index contributed by atoms with van der Waals surface area (Å²) in [5, 5.41) is 1.12. The average molecular weight is 249 g/mol. The van der Waals surface area contributed by atoms with Crippen molar-refractivity contribution in [2.45, 2.75) is 13.0 Å². The van der Waals surface area contributed by atoms with E-state index in [0.29, 0.717) is 0 Å². The fourth-order valence-electron chi connectivity index (χ4n) is 2.18. The van der Waals surface area contributed by atoms with Crippen LogP contribution in [0.25, 0.3) is 10.9 Å². The van der Waals surface area contributed by atoms with Crippen LogP contribution in [0.5, 0.6) is 0 Å². The monoisotopic (exact) mass is 249 g/mol. The summed E-state index contributed by atoms with van der Waals surface area (Å²) in [7, 11) is 0. The second kappa shape index (κ2) is 4.78. The van der Waals surface area contributed by atoms with Gasteiger partial charge in [0.2, 0.25) is 0 Å². The number of aryl methyl sites for hydroxylation is 1. The molecular formula is C16H15N3. The summed E-state index contributed by atoms with van der Waals surface area (Å²) in [4.78, 5) is 8.71. The van der Waals surface area contributed by atoms with Gasteiger partial charge in [-0.25, -0.2) is 0 Å². The summed E-state index contributed by atoms with van der Waals surface area (Å²) >= 11 is 0. The van der Waals surface area contributed by atoms with Gasteiger partial charge in [-0.15, -0.1) is 0 Å². The van der Waals surface area contributed by atoms with Crippen LogP contribution in [0, 0.1) is 6.92 Å². The number of fused-ring (bicyclic) bond motifs is 1. The van der Waals surface area contributed by atoms with Gasteiger partial charge >= 0.3 is 0 Å². The van der Waals surface area contributed by atoms with Crippen LogP contribution in [0.15, 0.2) is 54.9 Å². The molecule has 0 radical (unpaired) electrons. The summed E-state index contributed by atoms with van der Waals surface area (Å²) < 4.78 is 0. The zero-order valence-electron chi connectivity index (χ0n) is 10.7. The zero-order valence-corrected chi connectivity index (χ0v) is 10.7. The number of rotatable bonds is 2. The molecule has 3 aromatic rings. The first-order chi connectivity index (χ1) is 9.24. The first-order valence-corrected chi connectivity index (χ1v) is 6.27. The number of aromatic nitrogens is 2. The maximum atomic E-state index is 6.29. The first kappa shape index (κ1) is 11.8. The number of pyridine rings is 2. The number of hydrogen-bond acceptors (Lipinski definition) is 3. The summed E-state index contributed by atoms with van der Waals surface area (Å²) in [6.07, 6.45) is 3.59. The summed E-state index contributed by atoms with van der Waals surface area (Å²) in [6.45, 7) is 2.04. The molecule has 2 heterocycles. The molecule has 2 N–H and O–H groups in total. The SMILES string of the molecule is Cc1ccnc(C(N)c2ccc3cccnc3c2)c1. The molecule has 0 amide bonds. The Morgan fingerprint density at radius 3 is 2.74 bits per heavy atom. The summed E-state index contributed by atoms with van der Waals surface area (Å²) in [5.41, 5.74) is 10.3. The largest absolute Gasteiger partial charge is 0.319 e. The molecule has 3 heteroatoms.